The van der Waals surface area contributed by atoms with Crippen molar-refractivity contribution in [3.8, 4) is 0 Å². The number of hydrogen-bond donors (Lipinski definition) is 0. The van der Waals surface area contributed by atoms with Crippen LogP contribution in [0.3, 0.4) is 0 Å². The molecule has 0 amide bonds. The van der Waals surface area contributed by atoms with Crippen molar-refractivity contribution in [3.63, 3.8) is 0 Å². The Morgan fingerprint density at radius 1 is 1.11 bits per heavy atom. The molecular weight excluding hydrogens is 291 g/mol. The van der Waals surface area contributed by atoms with Crippen molar-refractivity contribution in [1.29, 1.82) is 0 Å². The van der Waals surface area contributed by atoms with E-state index in [0.717, 1.165) is 8.75 Å². The lowest BCUT2D eigenvalue weighted by Gasteiger charge is -2.10. The molecule has 2 unspecified atom stereocenters. The van der Waals surface area contributed by atoms with Crippen LogP contribution in [0.25, 0.3) is 0 Å². The fourth-order valence-corrected chi connectivity index (χ4v) is 2.61. The first-order valence-electron chi connectivity index (χ1n) is 3.59. The van der Waals surface area contributed by atoms with E-state index in [0.29, 0.717) is 0 Å². The molecule has 2 heteroatoms. The molecule has 0 spiro atoms. The monoisotopic (exact) mass is 302 g/mol. The number of hydrogen-bond acceptors (Lipinski definition) is 0. The van der Waals surface area contributed by atoms with Gasteiger partial charge in [0.05, 0.1) is 0 Å². The number of halogens is 2. The van der Waals surface area contributed by atoms with E-state index < -0.39 is 0 Å². The minimum Gasteiger partial charge on any atom is -0.0879 e. The van der Waals surface area contributed by atoms with Gasteiger partial charge in [0.2, 0.25) is 0 Å². The maximum absolute atomic E-state index is 3.70. The molecule has 0 nitrogen and oxygen atoms in total. The van der Waals surface area contributed by atoms with Gasteiger partial charge in [-0.1, -0.05) is 57.8 Å². The molecule has 2 atom stereocenters. The Balaban J connectivity index is 2.32. The Bertz CT molecular complexity index is 75.0. The minimum absolute atomic E-state index is 0.792. The molecule has 0 aromatic heterocycles. The van der Waals surface area contributed by atoms with Gasteiger partial charge in [-0.15, -0.1) is 0 Å². The normalized spacial score (nSPS) is 38.0. The number of alkyl halides is 2. The van der Waals surface area contributed by atoms with E-state index in [1.165, 1.54) is 32.1 Å². The Morgan fingerprint density at radius 3 is 2.56 bits per heavy atom. The quantitative estimate of drug-likeness (QED) is 0.365. The summed E-state index contributed by atoms with van der Waals surface area (Å²) in [5.74, 6) is 0. The lowest BCUT2D eigenvalue weighted by atomic mass is 10.2. The zero-order chi connectivity index (χ0) is 6.69. The molecule has 0 heterocycles. The van der Waals surface area contributed by atoms with E-state index in [1.807, 2.05) is 0 Å². The van der Waals surface area contributed by atoms with Crippen LogP contribution in [-0.4, -0.2) is 8.75 Å². The summed E-state index contributed by atoms with van der Waals surface area (Å²) in [6.45, 7) is 0. The number of rotatable bonds is 0. The molecule has 0 bridgehead atoms. The van der Waals surface area contributed by atoms with E-state index in [9.17, 15) is 0 Å². The molecule has 1 fully saturated rings. The lowest BCUT2D eigenvalue weighted by Crippen LogP contribution is -2.10. The van der Waals surface area contributed by atoms with Gasteiger partial charge in [0.15, 0.2) is 0 Å². The van der Waals surface area contributed by atoms with Crippen LogP contribution < -0.4 is 0 Å². The highest BCUT2D eigenvalue weighted by atomic mass is 127. The van der Waals surface area contributed by atoms with E-state index >= 15 is 0 Å². The molecule has 1 saturated carbocycles. The Morgan fingerprint density at radius 2 is 1.78 bits per heavy atom. The zero-order valence-corrected chi connectivity index (χ0v) is 9.19. The van der Waals surface area contributed by atoms with Crippen LogP contribution in [0.4, 0.5) is 0 Å². The molecule has 9 heavy (non-hydrogen) atoms. The lowest BCUT2D eigenvalue weighted by molar-refractivity contribution is 0.705. The van der Waals surface area contributed by atoms with Crippen LogP contribution in [0.1, 0.15) is 32.1 Å². The summed E-state index contributed by atoms with van der Waals surface area (Å²) in [6, 6.07) is 0. The van der Waals surface area contributed by atoms with Gasteiger partial charge >= 0.3 is 0 Å². The first-order chi connectivity index (χ1) is 4.30. The van der Waals surface area contributed by atoms with Crippen molar-refractivity contribution in [2.45, 2.75) is 40.9 Å². The van der Waals surface area contributed by atoms with Crippen molar-refractivity contribution in [3.05, 3.63) is 0 Å². The van der Waals surface area contributed by atoms with Gasteiger partial charge in [0, 0.05) is 8.75 Å². The highest BCUT2D eigenvalue weighted by Crippen LogP contribution is 2.28. The summed E-state index contributed by atoms with van der Waals surface area (Å²) in [5.41, 5.74) is 0. The Hall–Kier alpha value is 1.21. The topological polar surface area (TPSA) is 0 Å². The second kappa shape index (κ2) is 4.16. The smallest absolute Gasteiger partial charge is 0.0263 e. The summed E-state index contributed by atoms with van der Waals surface area (Å²) < 4.78 is 0.880. The van der Waals surface area contributed by atoms with E-state index in [4.69, 9.17) is 0 Å². The van der Waals surface area contributed by atoms with Crippen molar-refractivity contribution >= 4 is 38.5 Å². The van der Waals surface area contributed by atoms with Crippen LogP contribution in [0.15, 0.2) is 0 Å². The maximum Gasteiger partial charge on any atom is 0.0263 e. The molecule has 0 aromatic carbocycles. The molecule has 0 saturated heterocycles. The molecule has 1 aliphatic carbocycles. The van der Waals surface area contributed by atoms with Crippen molar-refractivity contribution in [1.82, 2.24) is 0 Å². The second-order valence-electron chi connectivity index (χ2n) is 2.67. The van der Waals surface area contributed by atoms with Crippen LogP contribution in [0.2, 0.25) is 0 Å². The fraction of sp³-hybridized carbons (Fsp3) is 1.00. The van der Waals surface area contributed by atoms with Gasteiger partial charge in [0.1, 0.15) is 0 Å². The summed E-state index contributed by atoms with van der Waals surface area (Å²) in [4.78, 5) is 0.792. The van der Waals surface area contributed by atoms with Gasteiger partial charge in [-0.05, 0) is 12.8 Å². The van der Waals surface area contributed by atoms with Crippen molar-refractivity contribution in [2.24, 2.45) is 0 Å². The summed E-state index contributed by atoms with van der Waals surface area (Å²) in [7, 11) is 0. The summed E-state index contributed by atoms with van der Waals surface area (Å²) >= 11 is 6.26. The van der Waals surface area contributed by atoms with E-state index in [1.54, 1.807) is 0 Å². The van der Waals surface area contributed by atoms with Crippen LogP contribution in [0.5, 0.6) is 0 Å². The van der Waals surface area contributed by atoms with E-state index in [-0.39, 0.29) is 0 Å². The summed E-state index contributed by atoms with van der Waals surface area (Å²) in [5, 5.41) is 0. The minimum atomic E-state index is 0.792. The molecule has 1 aliphatic rings. The zero-order valence-electron chi connectivity index (χ0n) is 5.45. The third kappa shape index (κ3) is 2.74. The first-order valence-corrected chi connectivity index (χ1v) is 5.75. The highest BCUT2D eigenvalue weighted by Gasteiger charge is 2.17. The first kappa shape index (κ1) is 8.31. The predicted octanol–water partition coefficient (Wildman–Crippen LogP) is 3.52. The largest absolute Gasteiger partial charge is 0.0879 e. The highest BCUT2D eigenvalue weighted by molar-refractivity contribution is 14.1. The third-order valence-electron chi connectivity index (χ3n) is 1.85. The molecular formula is C7H12BrI. The van der Waals surface area contributed by atoms with Crippen LogP contribution in [-0.2, 0) is 0 Å². The Labute approximate surface area is 79.1 Å². The molecule has 54 valence electrons. The van der Waals surface area contributed by atoms with Gasteiger partial charge in [-0.2, -0.15) is 0 Å². The van der Waals surface area contributed by atoms with Gasteiger partial charge < -0.3 is 0 Å². The maximum atomic E-state index is 3.70. The molecule has 0 aromatic rings. The molecule has 1 rings (SSSR count). The van der Waals surface area contributed by atoms with Crippen molar-refractivity contribution < 1.29 is 0 Å². The third-order valence-corrected chi connectivity index (χ3v) is 5.43. The average molecular weight is 303 g/mol. The molecule has 0 radical (unpaired) electrons. The van der Waals surface area contributed by atoms with E-state index in [2.05, 4.69) is 38.5 Å². The van der Waals surface area contributed by atoms with Crippen molar-refractivity contribution in [2.75, 3.05) is 0 Å². The van der Waals surface area contributed by atoms with Gasteiger partial charge in [-0.3, -0.25) is 0 Å². The fourth-order valence-electron chi connectivity index (χ4n) is 1.22. The Kier molecular flexibility index (Phi) is 3.84. The van der Waals surface area contributed by atoms with Gasteiger partial charge in [0.25, 0.3) is 0 Å². The predicted molar refractivity (Wildman–Crippen MR) is 53.6 cm³/mol. The molecule has 0 aliphatic heterocycles. The van der Waals surface area contributed by atoms with Crippen LogP contribution in [0, 0.1) is 0 Å². The molecule has 0 N–H and O–H groups in total. The SMILES string of the molecule is BrC1CCCCCC1I. The second-order valence-corrected chi connectivity index (χ2v) is 5.45. The average Bonchev–Trinajstić information content (AvgIpc) is 1.99. The standard InChI is InChI=1S/C7H12BrI/c8-6-4-2-1-3-5-7(6)9/h6-7H,1-5H2. The van der Waals surface area contributed by atoms with Crippen LogP contribution >= 0.6 is 38.5 Å². The summed E-state index contributed by atoms with van der Waals surface area (Å²) in [6.07, 6.45) is 7.11. The van der Waals surface area contributed by atoms with Gasteiger partial charge in [-0.25, -0.2) is 0 Å².